The number of hydrogen-bond donors (Lipinski definition) is 2. The zero-order valence-corrected chi connectivity index (χ0v) is 19.5. The Bertz CT molecular complexity index is 1510. The first-order valence-electron chi connectivity index (χ1n) is 11.9. The predicted octanol–water partition coefficient (Wildman–Crippen LogP) is 5.88. The fraction of sp³-hybridized carbons (Fsp3) is 0.143. The van der Waals surface area contributed by atoms with Crippen molar-refractivity contribution in [2.24, 2.45) is 0 Å². The molecule has 3 aromatic carbocycles. The minimum atomic E-state index is -0.206. The highest BCUT2D eigenvalue weighted by molar-refractivity contribution is 6.07. The molecule has 36 heavy (non-hydrogen) atoms. The molecule has 0 spiro atoms. The minimum Gasteiger partial charge on any atom is -0.370 e. The van der Waals surface area contributed by atoms with Crippen molar-refractivity contribution in [3.8, 4) is 11.3 Å². The highest BCUT2D eigenvalue weighted by Gasteiger charge is 2.15. The number of benzene rings is 3. The molecule has 1 saturated heterocycles. The summed E-state index contributed by atoms with van der Waals surface area (Å²) in [4.78, 5) is 15.3. The van der Waals surface area contributed by atoms with E-state index >= 15 is 0 Å². The van der Waals surface area contributed by atoms with E-state index in [1.807, 2.05) is 66.7 Å². The molecule has 1 aliphatic heterocycles. The summed E-state index contributed by atoms with van der Waals surface area (Å²) in [6.45, 7) is 2.11. The number of anilines is 4. The highest BCUT2D eigenvalue weighted by Crippen LogP contribution is 2.29. The maximum Gasteiger partial charge on any atom is 0.255 e. The molecule has 2 N–H and O–H groups in total. The molecular formula is C28H24N6O2. The van der Waals surface area contributed by atoms with E-state index < -0.39 is 0 Å². The average molecular weight is 477 g/mol. The molecule has 0 radical (unpaired) electrons. The molecule has 2 aromatic heterocycles. The van der Waals surface area contributed by atoms with Crippen LogP contribution in [0.3, 0.4) is 0 Å². The van der Waals surface area contributed by atoms with Crippen molar-refractivity contribution >= 4 is 39.7 Å². The van der Waals surface area contributed by atoms with Crippen LogP contribution in [0.25, 0.3) is 22.2 Å². The summed E-state index contributed by atoms with van der Waals surface area (Å²) in [5.74, 6) is 1.13. The summed E-state index contributed by atoms with van der Waals surface area (Å²) in [7, 11) is 0. The van der Waals surface area contributed by atoms with Gasteiger partial charge in [-0.25, -0.2) is 0 Å². The molecule has 5 aromatic rings. The Hall–Kier alpha value is -4.72. The lowest BCUT2D eigenvalue weighted by atomic mass is 10.1. The average Bonchev–Trinajstić information content (AvgIpc) is 3.61. The maximum atomic E-state index is 13.0. The lowest BCUT2D eigenvalue weighted by Crippen LogP contribution is -2.18. The molecule has 1 aliphatic rings. The molecule has 178 valence electrons. The Morgan fingerprint density at radius 1 is 0.889 bits per heavy atom. The number of rotatable bonds is 6. The van der Waals surface area contributed by atoms with E-state index in [4.69, 9.17) is 4.52 Å². The van der Waals surface area contributed by atoms with Crippen LogP contribution >= 0.6 is 0 Å². The van der Waals surface area contributed by atoms with Crippen LogP contribution in [0.5, 0.6) is 0 Å². The van der Waals surface area contributed by atoms with Gasteiger partial charge in [0, 0.05) is 41.7 Å². The second-order valence-electron chi connectivity index (χ2n) is 8.76. The molecule has 0 aliphatic carbocycles. The van der Waals surface area contributed by atoms with Gasteiger partial charge >= 0.3 is 0 Å². The second kappa shape index (κ2) is 9.50. The number of aromatic nitrogens is 3. The number of carbonyl (C=O) groups excluding carboxylic acids is 1. The smallest absolute Gasteiger partial charge is 0.255 e. The summed E-state index contributed by atoms with van der Waals surface area (Å²) < 4.78 is 5.55. The van der Waals surface area contributed by atoms with Crippen LogP contribution in [0.1, 0.15) is 23.2 Å². The zero-order valence-electron chi connectivity index (χ0n) is 19.5. The van der Waals surface area contributed by atoms with E-state index in [0.717, 1.165) is 35.4 Å². The summed E-state index contributed by atoms with van der Waals surface area (Å²) in [6.07, 6.45) is 4.22. The summed E-state index contributed by atoms with van der Waals surface area (Å²) in [5, 5.41) is 19.5. The topological polar surface area (TPSA) is 96.2 Å². The van der Waals surface area contributed by atoms with E-state index in [2.05, 4.69) is 30.9 Å². The number of fused-ring (bicyclic) bond motifs is 1. The van der Waals surface area contributed by atoms with Crippen molar-refractivity contribution in [1.82, 2.24) is 15.4 Å². The predicted molar refractivity (Wildman–Crippen MR) is 141 cm³/mol. The quantitative estimate of drug-likeness (QED) is 0.316. The summed E-state index contributed by atoms with van der Waals surface area (Å²) in [6, 6.07) is 24.6. The van der Waals surface area contributed by atoms with Crippen molar-refractivity contribution in [3.63, 3.8) is 0 Å². The minimum absolute atomic E-state index is 0.206. The van der Waals surface area contributed by atoms with Crippen LogP contribution in [-0.4, -0.2) is 34.4 Å². The van der Waals surface area contributed by atoms with Crippen molar-refractivity contribution in [3.05, 3.63) is 90.6 Å². The van der Waals surface area contributed by atoms with Crippen molar-refractivity contribution in [2.45, 2.75) is 12.8 Å². The van der Waals surface area contributed by atoms with Crippen LogP contribution in [0, 0.1) is 0 Å². The van der Waals surface area contributed by atoms with E-state index in [-0.39, 0.29) is 5.91 Å². The summed E-state index contributed by atoms with van der Waals surface area (Å²) >= 11 is 0. The molecule has 8 heteroatoms. The van der Waals surface area contributed by atoms with Crippen molar-refractivity contribution in [1.29, 1.82) is 0 Å². The number of nitrogens with one attached hydrogen (secondary N) is 2. The third-order valence-corrected chi connectivity index (χ3v) is 6.30. The molecule has 6 rings (SSSR count). The number of amides is 1. The molecule has 0 unspecified atom stereocenters. The fourth-order valence-corrected chi connectivity index (χ4v) is 4.43. The van der Waals surface area contributed by atoms with Crippen LogP contribution in [0.4, 0.5) is 22.9 Å². The van der Waals surface area contributed by atoms with Gasteiger partial charge in [0.1, 0.15) is 5.52 Å². The van der Waals surface area contributed by atoms with Gasteiger partial charge in [0.2, 0.25) is 0 Å². The van der Waals surface area contributed by atoms with Gasteiger partial charge in [-0.15, -0.1) is 5.10 Å². The molecule has 1 amide bonds. The first kappa shape index (κ1) is 21.8. The standard InChI is InChI=1S/C28H24N6O2/c35-28(20-8-13-25-24(16-20)27(36-33-25)19-6-2-1-3-7-19)31-22-11-9-21(10-12-22)30-26-17-23(18-29-32-26)34-14-4-5-15-34/h1-3,6-13,16-18H,4-5,14-15H2,(H,30,32)(H,31,35). The van der Waals surface area contributed by atoms with Crippen LogP contribution < -0.4 is 15.5 Å². The van der Waals surface area contributed by atoms with Crippen molar-refractivity contribution in [2.75, 3.05) is 28.6 Å². The largest absolute Gasteiger partial charge is 0.370 e. The first-order valence-corrected chi connectivity index (χ1v) is 11.9. The van der Waals surface area contributed by atoms with Crippen LogP contribution in [-0.2, 0) is 0 Å². The van der Waals surface area contributed by atoms with E-state index in [1.54, 1.807) is 18.3 Å². The van der Waals surface area contributed by atoms with Crippen LogP contribution in [0.15, 0.2) is 89.6 Å². The van der Waals surface area contributed by atoms with Gasteiger partial charge in [0.15, 0.2) is 11.6 Å². The van der Waals surface area contributed by atoms with Gasteiger partial charge in [-0.3, -0.25) is 4.79 Å². The maximum absolute atomic E-state index is 13.0. The molecular weight excluding hydrogens is 452 g/mol. The second-order valence-corrected chi connectivity index (χ2v) is 8.76. The van der Waals surface area contributed by atoms with Gasteiger partial charge in [0.25, 0.3) is 5.91 Å². The number of nitrogens with zero attached hydrogens (tertiary/aromatic N) is 4. The van der Waals surface area contributed by atoms with E-state index in [0.29, 0.717) is 28.3 Å². The van der Waals surface area contributed by atoms with Gasteiger partial charge in [-0.05, 0) is 55.3 Å². The van der Waals surface area contributed by atoms with E-state index in [1.165, 1.54) is 12.8 Å². The van der Waals surface area contributed by atoms with Gasteiger partial charge in [-0.1, -0.05) is 35.5 Å². The normalized spacial score (nSPS) is 13.2. The van der Waals surface area contributed by atoms with Crippen LogP contribution in [0.2, 0.25) is 0 Å². The molecule has 3 heterocycles. The Morgan fingerprint density at radius 3 is 2.47 bits per heavy atom. The monoisotopic (exact) mass is 476 g/mol. The molecule has 0 saturated carbocycles. The number of carbonyl (C=O) groups is 1. The molecule has 8 nitrogen and oxygen atoms in total. The Kier molecular flexibility index (Phi) is 5.75. The lowest BCUT2D eigenvalue weighted by molar-refractivity contribution is 0.102. The molecule has 1 fully saturated rings. The highest BCUT2D eigenvalue weighted by atomic mass is 16.5. The van der Waals surface area contributed by atoms with Gasteiger partial charge < -0.3 is 20.1 Å². The van der Waals surface area contributed by atoms with Crippen molar-refractivity contribution < 1.29 is 9.32 Å². The summed E-state index contributed by atoms with van der Waals surface area (Å²) in [5.41, 5.74) is 4.78. The van der Waals surface area contributed by atoms with Gasteiger partial charge in [0.05, 0.1) is 17.3 Å². The Morgan fingerprint density at radius 2 is 1.67 bits per heavy atom. The SMILES string of the molecule is O=C(Nc1ccc(Nc2cc(N3CCCC3)cnn2)cc1)c1ccc2noc(-c3ccccc3)c2c1. The molecule has 0 bridgehead atoms. The first-order chi connectivity index (χ1) is 17.7. The molecule has 0 atom stereocenters. The Labute approximate surface area is 207 Å². The third-order valence-electron chi connectivity index (χ3n) is 6.30. The third kappa shape index (κ3) is 4.48. The lowest BCUT2D eigenvalue weighted by Gasteiger charge is -2.17. The number of hydrogen-bond acceptors (Lipinski definition) is 7. The Balaban J connectivity index is 1.15. The zero-order chi connectivity index (χ0) is 24.3. The van der Waals surface area contributed by atoms with Gasteiger partial charge in [-0.2, -0.15) is 5.10 Å². The van der Waals surface area contributed by atoms with E-state index in [9.17, 15) is 4.79 Å². The fourth-order valence-electron chi connectivity index (χ4n) is 4.43.